The molecule has 2 fully saturated rings. The minimum atomic E-state index is -1.14. The largest absolute Gasteiger partial charge is 0.379 e. The third-order valence-electron chi connectivity index (χ3n) is 3.87. The van der Waals surface area contributed by atoms with E-state index in [4.69, 9.17) is 4.74 Å². The third-order valence-corrected chi connectivity index (χ3v) is 5.04. The molecule has 0 saturated carbocycles. The fourth-order valence-electron chi connectivity index (χ4n) is 2.73. The Labute approximate surface area is 113 Å². The van der Waals surface area contributed by atoms with Gasteiger partial charge < -0.3 is 15.2 Å². The number of aliphatic hydroxyl groups is 1. The van der Waals surface area contributed by atoms with Gasteiger partial charge in [0, 0.05) is 24.8 Å². The maximum atomic E-state index is 12.0. The van der Waals surface area contributed by atoms with Crippen molar-refractivity contribution in [3.63, 3.8) is 0 Å². The summed E-state index contributed by atoms with van der Waals surface area (Å²) in [5.41, 5.74) is -1.14. The van der Waals surface area contributed by atoms with Crippen LogP contribution in [0.15, 0.2) is 0 Å². The van der Waals surface area contributed by atoms with Crippen LogP contribution in [0.25, 0.3) is 0 Å². The summed E-state index contributed by atoms with van der Waals surface area (Å²) in [6.45, 7) is 5.69. The Morgan fingerprint density at radius 3 is 3.00 bits per heavy atom. The van der Waals surface area contributed by atoms with Crippen LogP contribution in [0, 0.1) is 11.8 Å². The molecule has 5 heteroatoms. The number of rotatable bonds is 4. The lowest BCUT2D eigenvalue weighted by atomic mass is 9.92. The number of nitrogens with one attached hydrogen (secondary N) is 1. The Hall–Kier alpha value is -0.260. The van der Waals surface area contributed by atoms with Crippen LogP contribution < -0.4 is 5.32 Å². The van der Waals surface area contributed by atoms with Crippen LogP contribution in [0.1, 0.15) is 26.7 Å². The molecule has 2 N–H and O–H groups in total. The van der Waals surface area contributed by atoms with Gasteiger partial charge in [-0.1, -0.05) is 13.8 Å². The Morgan fingerprint density at radius 1 is 1.61 bits per heavy atom. The molecule has 0 spiro atoms. The van der Waals surface area contributed by atoms with Gasteiger partial charge in [0.2, 0.25) is 0 Å². The van der Waals surface area contributed by atoms with Crippen LogP contribution in [0.5, 0.6) is 0 Å². The molecule has 104 valence electrons. The minimum absolute atomic E-state index is 0.207. The molecule has 0 aromatic heterocycles. The second-order valence-corrected chi connectivity index (χ2v) is 6.78. The van der Waals surface area contributed by atoms with Crippen molar-refractivity contribution >= 4 is 17.7 Å². The number of ether oxygens (including phenoxy) is 1. The molecule has 2 aliphatic rings. The maximum Gasteiger partial charge on any atom is 0.252 e. The molecule has 0 bridgehead atoms. The average molecular weight is 273 g/mol. The summed E-state index contributed by atoms with van der Waals surface area (Å²) in [5.74, 6) is 2.03. The summed E-state index contributed by atoms with van der Waals surface area (Å²) in [6, 6.07) is 0. The standard InChI is InChI=1S/C13H23NO3S/c1-9(2)11-10(3-5-17-11)7-14-12(15)13(16)4-6-18-8-13/h9-11,16H,3-8H2,1-2H3,(H,14,15)/t10-,11-,13?/m1/s1. The lowest BCUT2D eigenvalue weighted by Gasteiger charge is -2.25. The Balaban J connectivity index is 1.82. The van der Waals surface area contributed by atoms with Crippen molar-refractivity contribution < 1.29 is 14.6 Å². The normalized spacial score (nSPS) is 36.2. The van der Waals surface area contributed by atoms with Crippen molar-refractivity contribution in [3.8, 4) is 0 Å². The summed E-state index contributed by atoms with van der Waals surface area (Å²) >= 11 is 1.64. The Kier molecular flexibility index (Phi) is 4.56. The summed E-state index contributed by atoms with van der Waals surface area (Å²) in [5, 5.41) is 13.1. The first-order valence-electron chi connectivity index (χ1n) is 6.73. The SMILES string of the molecule is CC(C)[C@H]1OCC[C@@H]1CNC(=O)C1(O)CCSC1. The van der Waals surface area contributed by atoms with Crippen molar-refractivity contribution in [2.75, 3.05) is 24.7 Å². The first-order valence-corrected chi connectivity index (χ1v) is 7.88. The second kappa shape index (κ2) is 5.80. The van der Waals surface area contributed by atoms with Crippen LogP contribution in [0.3, 0.4) is 0 Å². The van der Waals surface area contributed by atoms with Crippen LogP contribution >= 0.6 is 11.8 Å². The van der Waals surface area contributed by atoms with Gasteiger partial charge in [-0.05, 0) is 24.5 Å². The molecular formula is C13H23NO3S. The predicted octanol–water partition coefficient (Wildman–Crippen LogP) is 1.03. The number of amides is 1. The third kappa shape index (κ3) is 3.00. The fraction of sp³-hybridized carbons (Fsp3) is 0.923. The monoisotopic (exact) mass is 273 g/mol. The summed E-state index contributed by atoms with van der Waals surface area (Å²) < 4.78 is 5.69. The average Bonchev–Trinajstić information content (AvgIpc) is 2.95. The van der Waals surface area contributed by atoms with E-state index in [-0.39, 0.29) is 12.0 Å². The molecule has 0 aromatic carbocycles. The summed E-state index contributed by atoms with van der Waals surface area (Å²) in [6.07, 6.45) is 1.80. The van der Waals surface area contributed by atoms with Crippen LogP contribution in [0.2, 0.25) is 0 Å². The molecule has 0 aliphatic carbocycles. The van der Waals surface area contributed by atoms with Crippen molar-refractivity contribution in [2.24, 2.45) is 11.8 Å². The molecule has 2 saturated heterocycles. The highest BCUT2D eigenvalue weighted by molar-refractivity contribution is 7.99. The van der Waals surface area contributed by atoms with E-state index in [1.54, 1.807) is 11.8 Å². The molecule has 3 atom stereocenters. The molecule has 18 heavy (non-hydrogen) atoms. The first-order chi connectivity index (χ1) is 8.53. The molecule has 2 heterocycles. The zero-order valence-electron chi connectivity index (χ0n) is 11.1. The van der Waals surface area contributed by atoms with E-state index in [0.717, 1.165) is 18.8 Å². The van der Waals surface area contributed by atoms with Gasteiger partial charge in [-0.15, -0.1) is 0 Å². The van der Waals surface area contributed by atoms with Crippen LogP contribution in [-0.4, -0.2) is 47.4 Å². The molecule has 2 rings (SSSR count). The van der Waals surface area contributed by atoms with E-state index in [2.05, 4.69) is 19.2 Å². The van der Waals surface area contributed by atoms with Gasteiger partial charge in [0.1, 0.15) is 0 Å². The lowest BCUT2D eigenvalue weighted by molar-refractivity contribution is -0.137. The zero-order chi connectivity index (χ0) is 13.2. The van der Waals surface area contributed by atoms with Gasteiger partial charge >= 0.3 is 0 Å². The van der Waals surface area contributed by atoms with Crippen LogP contribution in [-0.2, 0) is 9.53 Å². The highest BCUT2D eigenvalue weighted by atomic mass is 32.2. The zero-order valence-corrected chi connectivity index (χ0v) is 12.0. The van der Waals surface area contributed by atoms with Crippen molar-refractivity contribution in [1.82, 2.24) is 5.32 Å². The molecule has 0 radical (unpaired) electrons. The number of carbonyl (C=O) groups is 1. The molecule has 1 unspecified atom stereocenters. The molecule has 0 aromatic rings. The topological polar surface area (TPSA) is 58.6 Å². The first kappa shape index (κ1) is 14.2. The number of hydrogen-bond donors (Lipinski definition) is 2. The van der Waals surface area contributed by atoms with Gasteiger partial charge in [-0.3, -0.25) is 4.79 Å². The van der Waals surface area contributed by atoms with Crippen LogP contribution in [0.4, 0.5) is 0 Å². The van der Waals surface area contributed by atoms with Gasteiger partial charge in [-0.2, -0.15) is 11.8 Å². The molecule has 1 amide bonds. The van der Waals surface area contributed by atoms with Crippen molar-refractivity contribution in [1.29, 1.82) is 0 Å². The summed E-state index contributed by atoms with van der Waals surface area (Å²) in [7, 11) is 0. The van der Waals surface area contributed by atoms with E-state index in [9.17, 15) is 9.90 Å². The smallest absolute Gasteiger partial charge is 0.252 e. The van der Waals surface area contributed by atoms with Gasteiger partial charge in [0.05, 0.1) is 6.10 Å². The lowest BCUT2D eigenvalue weighted by Crippen LogP contribution is -2.49. The van der Waals surface area contributed by atoms with Crippen molar-refractivity contribution in [2.45, 2.75) is 38.4 Å². The second-order valence-electron chi connectivity index (χ2n) is 5.67. The Morgan fingerprint density at radius 2 is 2.39 bits per heavy atom. The highest BCUT2D eigenvalue weighted by Crippen LogP contribution is 2.29. The predicted molar refractivity (Wildman–Crippen MR) is 72.6 cm³/mol. The van der Waals surface area contributed by atoms with Gasteiger partial charge in [0.25, 0.3) is 5.91 Å². The van der Waals surface area contributed by atoms with Gasteiger partial charge in [0.15, 0.2) is 5.60 Å². The Bertz CT molecular complexity index is 303. The quantitative estimate of drug-likeness (QED) is 0.803. The number of thioether (sulfide) groups is 1. The minimum Gasteiger partial charge on any atom is -0.379 e. The molecule has 2 aliphatic heterocycles. The summed E-state index contributed by atoms with van der Waals surface area (Å²) in [4.78, 5) is 12.0. The van der Waals surface area contributed by atoms with E-state index >= 15 is 0 Å². The maximum absolute atomic E-state index is 12.0. The fourth-order valence-corrected chi connectivity index (χ4v) is 3.97. The van der Waals surface area contributed by atoms with E-state index < -0.39 is 5.60 Å². The number of carbonyl (C=O) groups excluding carboxylic acids is 1. The number of hydrogen-bond acceptors (Lipinski definition) is 4. The van der Waals surface area contributed by atoms with Gasteiger partial charge in [-0.25, -0.2) is 0 Å². The van der Waals surface area contributed by atoms with E-state index in [0.29, 0.717) is 30.6 Å². The van der Waals surface area contributed by atoms with E-state index in [1.807, 2.05) is 0 Å². The highest BCUT2D eigenvalue weighted by Gasteiger charge is 2.40. The molecule has 4 nitrogen and oxygen atoms in total. The van der Waals surface area contributed by atoms with Crippen molar-refractivity contribution in [3.05, 3.63) is 0 Å². The molecular weight excluding hydrogens is 250 g/mol. The van der Waals surface area contributed by atoms with E-state index in [1.165, 1.54) is 0 Å².